The van der Waals surface area contributed by atoms with Gasteiger partial charge in [-0.2, -0.15) is 0 Å². The summed E-state index contributed by atoms with van der Waals surface area (Å²) in [7, 11) is 1.67. The minimum atomic E-state index is -0.0540. The molecule has 1 aromatic carbocycles. The highest BCUT2D eigenvalue weighted by Gasteiger charge is 2.03. The second kappa shape index (κ2) is 26.1. The Kier molecular flexibility index (Phi) is 23.7. The lowest BCUT2D eigenvalue weighted by molar-refractivity contribution is -0.143. The van der Waals surface area contributed by atoms with Gasteiger partial charge in [0.25, 0.3) is 0 Å². The summed E-state index contributed by atoms with van der Waals surface area (Å²) in [5.41, 5.74) is 1.16. The first kappa shape index (κ1) is 33.5. The Labute approximate surface area is 230 Å². The maximum Gasteiger partial charge on any atom is 0.305 e. The average molecular weight is 517 g/mol. The number of benzene rings is 1. The van der Waals surface area contributed by atoms with E-state index in [2.05, 4.69) is 6.92 Å². The lowest BCUT2D eigenvalue weighted by Gasteiger charge is -2.06. The number of hydrogen-bond donors (Lipinski definition) is 0. The summed E-state index contributed by atoms with van der Waals surface area (Å²) in [6, 6.07) is 7.93. The summed E-state index contributed by atoms with van der Waals surface area (Å²) >= 11 is 0. The SMILES string of the molecule is CCCCCCCCCCCCCCCCCCCCCCCCC(=O)OCCc1ccc(OC)cc1. The van der Waals surface area contributed by atoms with Crippen LogP contribution in [0.5, 0.6) is 5.75 Å². The van der Waals surface area contributed by atoms with Crippen molar-refractivity contribution in [3.05, 3.63) is 29.8 Å². The lowest BCUT2D eigenvalue weighted by Crippen LogP contribution is -2.07. The van der Waals surface area contributed by atoms with Crippen LogP contribution in [-0.2, 0) is 16.0 Å². The fourth-order valence-electron chi connectivity index (χ4n) is 5.03. The molecule has 0 atom stereocenters. The molecule has 0 radical (unpaired) electrons. The van der Waals surface area contributed by atoms with Crippen LogP contribution in [0.2, 0.25) is 0 Å². The molecule has 0 aliphatic rings. The van der Waals surface area contributed by atoms with Gasteiger partial charge in [0, 0.05) is 12.8 Å². The zero-order valence-corrected chi connectivity index (χ0v) is 24.7. The molecule has 0 aromatic heterocycles. The summed E-state index contributed by atoms with van der Waals surface area (Å²) < 4.78 is 10.5. The van der Waals surface area contributed by atoms with Crippen molar-refractivity contribution in [3.63, 3.8) is 0 Å². The monoisotopic (exact) mass is 516 g/mol. The average Bonchev–Trinajstić information content (AvgIpc) is 2.92. The van der Waals surface area contributed by atoms with Crippen molar-refractivity contribution in [2.75, 3.05) is 13.7 Å². The van der Waals surface area contributed by atoms with Gasteiger partial charge in [-0.15, -0.1) is 0 Å². The van der Waals surface area contributed by atoms with Crippen molar-refractivity contribution in [2.24, 2.45) is 0 Å². The van der Waals surface area contributed by atoms with E-state index < -0.39 is 0 Å². The van der Waals surface area contributed by atoms with Gasteiger partial charge in [0.05, 0.1) is 13.7 Å². The van der Waals surface area contributed by atoms with Crippen LogP contribution in [0, 0.1) is 0 Å². The van der Waals surface area contributed by atoms with Gasteiger partial charge in [-0.25, -0.2) is 0 Å². The van der Waals surface area contributed by atoms with E-state index >= 15 is 0 Å². The Hall–Kier alpha value is -1.51. The quantitative estimate of drug-likeness (QED) is 0.0861. The highest BCUT2D eigenvalue weighted by molar-refractivity contribution is 5.69. The van der Waals surface area contributed by atoms with Gasteiger partial charge in [0.1, 0.15) is 5.75 Å². The fraction of sp³-hybridized carbons (Fsp3) is 0.794. The van der Waals surface area contributed by atoms with Crippen LogP contribution in [0.3, 0.4) is 0 Å². The Balaban J connectivity index is 1.73. The second-order valence-electron chi connectivity index (χ2n) is 11.0. The largest absolute Gasteiger partial charge is 0.497 e. The number of carbonyl (C=O) groups is 1. The van der Waals surface area contributed by atoms with E-state index in [-0.39, 0.29) is 5.97 Å². The van der Waals surface area contributed by atoms with Crippen LogP contribution in [0.25, 0.3) is 0 Å². The molecule has 0 aliphatic heterocycles. The number of methoxy groups -OCH3 is 1. The molecule has 0 saturated heterocycles. The van der Waals surface area contributed by atoms with Crippen molar-refractivity contribution in [1.82, 2.24) is 0 Å². The number of esters is 1. The molecule has 0 fully saturated rings. The molecule has 0 heterocycles. The summed E-state index contributed by atoms with van der Waals surface area (Å²) in [6.45, 7) is 2.76. The zero-order valence-electron chi connectivity index (χ0n) is 24.7. The predicted octanol–water partition coefficient (Wildman–Crippen LogP) is 10.8. The number of hydrogen-bond acceptors (Lipinski definition) is 3. The van der Waals surface area contributed by atoms with E-state index in [0.717, 1.165) is 30.6 Å². The van der Waals surface area contributed by atoms with Gasteiger partial charge >= 0.3 is 5.97 Å². The zero-order chi connectivity index (χ0) is 26.7. The van der Waals surface area contributed by atoms with E-state index in [9.17, 15) is 4.79 Å². The molecule has 0 spiro atoms. The van der Waals surface area contributed by atoms with Crippen molar-refractivity contribution in [1.29, 1.82) is 0 Å². The van der Waals surface area contributed by atoms with Crippen molar-refractivity contribution >= 4 is 5.97 Å². The third kappa shape index (κ3) is 22.2. The maximum atomic E-state index is 11.9. The number of ether oxygens (including phenoxy) is 2. The van der Waals surface area contributed by atoms with E-state index in [4.69, 9.17) is 9.47 Å². The van der Waals surface area contributed by atoms with Gasteiger partial charge in [0.15, 0.2) is 0 Å². The van der Waals surface area contributed by atoms with E-state index in [0.29, 0.717) is 13.0 Å². The van der Waals surface area contributed by atoms with E-state index in [1.54, 1.807) is 7.11 Å². The molecule has 0 N–H and O–H groups in total. The van der Waals surface area contributed by atoms with Gasteiger partial charge in [-0.3, -0.25) is 4.79 Å². The summed E-state index contributed by atoms with van der Waals surface area (Å²) in [6.07, 6.45) is 31.7. The summed E-state index contributed by atoms with van der Waals surface area (Å²) in [4.78, 5) is 11.9. The summed E-state index contributed by atoms with van der Waals surface area (Å²) in [5.74, 6) is 0.799. The van der Waals surface area contributed by atoms with Gasteiger partial charge < -0.3 is 9.47 Å². The molecule has 0 saturated carbocycles. The molecule has 1 aromatic rings. The molecule has 0 bridgehead atoms. The molecular weight excluding hydrogens is 456 g/mol. The van der Waals surface area contributed by atoms with Gasteiger partial charge in [-0.1, -0.05) is 154 Å². The molecule has 1 rings (SSSR count). The molecule has 3 nitrogen and oxygen atoms in total. The molecule has 37 heavy (non-hydrogen) atoms. The molecule has 3 heteroatoms. The van der Waals surface area contributed by atoms with E-state index in [1.807, 2.05) is 24.3 Å². The van der Waals surface area contributed by atoms with Crippen LogP contribution in [0.1, 0.15) is 160 Å². The lowest BCUT2D eigenvalue weighted by atomic mass is 10.0. The smallest absolute Gasteiger partial charge is 0.305 e. The summed E-state index contributed by atoms with van der Waals surface area (Å²) in [5, 5.41) is 0. The number of unbranched alkanes of at least 4 members (excludes halogenated alkanes) is 21. The highest BCUT2D eigenvalue weighted by Crippen LogP contribution is 2.16. The van der Waals surface area contributed by atoms with Crippen molar-refractivity contribution in [2.45, 2.75) is 161 Å². The first-order valence-electron chi connectivity index (χ1n) is 16.0. The highest BCUT2D eigenvalue weighted by atomic mass is 16.5. The van der Waals surface area contributed by atoms with Gasteiger partial charge in [-0.05, 0) is 24.1 Å². The normalized spacial score (nSPS) is 11.1. The Morgan fingerprint density at radius 3 is 1.32 bits per heavy atom. The number of rotatable bonds is 27. The maximum absolute atomic E-state index is 11.9. The standard InChI is InChI=1S/C34H60O3/c1-3-4-5-6-7-8-9-10-11-12-13-14-15-16-17-18-19-20-21-22-23-24-25-34(35)37-31-30-32-26-28-33(36-2)29-27-32/h26-29H,3-25,30-31H2,1-2H3. The molecule has 0 amide bonds. The fourth-order valence-corrected chi connectivity index (χ4v) is 5.03. The van der Waals surface area contributed by atoms with Crippen LogP contribution in [0.4, 0.5) is 0 Å². The number of carbonyl (C=O) groups excluding carboxylic acids is 1. The van der Waals surface area contributed by atoms with Crippen LogP contribution in [-0.4, -0.2) is 19.7 Å². The topological polar surface area (TPSA) is 35.5 Å². The third-order valence-electron chi connectivity index (χ3n) is 7.55. The van der Waals surface area contributed by atoms with Crippen molar-refractivity contribution < 1.29 is 14.3 Å². The molecular formula is C34H60O3. The van der Waals surface area contributed by atoms with Crippen molar-refractivity contribution in [3.8, 4) is 5.75 Å². The second-order valence-corrected chi connectivity index (χ2v) is 11.0. The molecule has 214 valence electrons. The molecule has 0 aliphatic carbocycles. The predicted molar refractivity (Wildman–Crippen MR) is 160 cm³/mol. The first-order chi connectivity index (χ1) is 18.3. The minimum Gasteiger partial charge on any atom is -0.497 e. The molecule has 0 unspecified atom stereocenters. The minimum absolute atomic E-state index is 0.0540. The van der Waals surface area contributed by atoms with Crippen LogP contribution in [0.15, 0.2) is 24.3 Å². The Morgan fingerprint density at radius 1 is 0.568 bits per heavy atom. The van der Waals surface area contributed by atoms with Crippen LogP contribution >= 0.6 is 0 Å². The Morgan fingerprint density at radius 2 is 0.946 bits per heavy atom. The van der Waals surface area contributed by atoms with E-state index in [1.165, 1.54) is 128 Å². The third-order valence-corrected chi connectivity index (χ3v) is 7.55. The Bertz CT molecular complexity index is 610. The van der Waals surface area contributed by atoms with Gasteiger partial charge in [0.2, 0.25) is 0 Å². The first-order valence-corrected chi connectivity index (χ1v) is 16.0. The van der Waals surface area contributed by atoms with Crippen LogP contribution < -0.4 is 4.74 Å².